The van der Waals surface area contributed by atoms with Crippen LogP contribution in [0.1, 0.15) is 27.2 Å². The van der Waals surface area contributed by atoms with Gasteiger partial charge in [0.2, 0.25) is 0 Å². The first kappa shape index (κ1) is 10.4. The van der Waals surface area contributed by atoms with E-state index in [9.17, 15) is 0 Å². The third-order valence-electron chi connectivity index (χ3n) is 3.44. The van der Waals surface area contributed by atoms with Gasteiger partial charge in [-0.15, -0.1) is 0 Å². The molecule has 0 N–H and O–H groups in total. The van der Waals surface area contributed by atoms with E-state index in [1.807, 2.05) is 0 Å². The lowest BCUT2D eigenvalue weighted by atomic mass is 10.1. The molecule has 0 spiro atoms. The normalized spacial score (nSPS) is 24.3. The van der Waals surface area contributed by atoms with E-state index in [0.717, 1.165) is 13.0 Å². The van der Waals surface area contributed by atoms with Gasteiger partial charge in [-0.3, -0.25) is 0 Å². The molecule has 0 aromatic carbocycles. The number of hydrogen-bond donors (Lipinski definition) is 0. The van der Waals surface area contributed by atoms with E-state index in [1.54, 1.807) is 0 Å². The molecule has 0 amide bonds. The fourth-order valence-electron chi connectivity index (χ4n) is 1.75. The van der Waals surface area contributed by atoms with Crippen molar-refractivity contribution < 1.29 is 0 Å². The van der Waals surface area contributed by atoms with Crippen LogP contribution >= 0.6 is 0 Å². The van der Waals surface area contributed by atoms with E-state index in [-0.39, 0.29) is 0 Å². The molecule has 1 saturated carbocycles. The molecule has 74 valence electrons. The van der Waals surface area contributed by atoms with Crippen molar-refractivity contribution in [2.75, 3.05) is 13.6 Å². The second kappa shape index (κ2) is 3.21. The molecule has 0 radical (unpaired) electrons. The van der Waals surface area contributed by atoms with Crippen LogP contribution in [0.5, 0.6) is 0 Å². The molecular formula is C12H21N. The zero-order valence-electron chi connectivity index (χ0n) is 9.35. The molecule has 1 heteroatoms. The molecule has 0 aromatic heterocycles. The van der Waals surface area contributed by atoms with Crippen LogP contribution in [0.15, 0.2) is 24.4 Å². The van der Waals surface area contributed by atoms with Gasteiger partial charge < -0.3 is 4.90 Å². The molecule has 0 saturated heterocycles. The van der Waals surface area contributed by atoms with Crippen molar-refractivity contribution in [3.8, 4) is 0 Å². The summed E-state index contributed by atoms with van der Waals surface area (Å²) in [5.41, 5.74) is 2.97. The second-order valence-electron chi connectivity index (χ2n) is 4.60. The average molecular weight is 179 g/mol. The zero-order chi connectivity index (χ0) is 10.2. The Morgan fingerprint density at radius 2 is 2.00 bits per heavy atom. The van der Waals surface area contributed by atoms with Crippen LogP contribution < -0.4 is 0 Å². The van der Waals surface area contributed by atoms with Gasteiger partial charge >= 0.3 is 0 Å². The van der Waals surface area contributed by atoms with Crippen LogP contribution in [0.25, 0.3) is 0 Å². The Bertz CT molecular complexity index is 238. The summed E-state index contributed by atoms with van der Waals surface area (Å²) in [6.45, 7) is 15.9. The number of nitrogens with zero attached hydrogens (tertiary/aromatic N) is 1. The standard InChI is InChI=1S/C12H21N/c1-7-9(2)13(6)8-11-10(3)12(11,4)5/h11H,2-3,7-8H2,1,4-6H3. The van der Waals surface area contributed by atoms with Gasteiger partial charge in [0, 0.05) is 25.2 Å². The fourth-order valence-corrected chi connectivity index (χ4v) is 1.75. The summed E-state index contributed by atoms with van der Waals surface area (Å²) in [6.07, 6.45) is 1.04. The first-order valence-corrected chi connectivity index (χ1v) is 4.99. The molecule has 1 atom stereocenters. The molecule has 1 aliphatic carbocycles. The van der Waals surface area contributed by atoms with E-state index in [2.05, 4.69) is 45.9 Å². The molecule has 0 heterocycles. The van der Waals surface area contributed by atoms with E-state index < -0.39 is 0 Å². The Kier molecular flexibility index (Phi) is 2.56. The van der Waals surface area contributed by atoms with Gasteiger partial charge in [-0.25, -0.2) is 0 Å². The first-order valence-electron chi connectivity index (χ1n) is 4.99. The van der Waals surface area contributed by atoms with Gasteiger partial charge in [0.25, 0.3) is 0 Å². The number of rotatable bonds is 4. The minimum atomic E-state index is 0.363. The van der Waals surface area contributed by atoms with Crippen LogP contribution in [-0.2, 0) is 0 Å². The van der Waals surface area contributed by atoms with Gasteiger partial charge in [-0.05, 0) is 11.8 Å². The summed E-state index contributed by atoms with van der Waals surface area (Å²) < 4.78 is 0. The highest BCUT2D eigenvalue weighted by molar-refractivity contribution is 5.33. The van der Waals surface area contributed by atoms with Crippen molar-refractivity contribution in [1.82, 2.24) is 4.90 Å². The van der Waals surface area contributed by atoms with Crippen LogP contribution in [0, 0.1) is 11.3 Å². The Morgan fingerprint density at radius 3 is 2.31 bits per heavy atom. The lowest BCUT2D eigenvalue weighted by Gasteiger charge is -2.21. The molecule has 0 aliphatic heterocycles. The van der Waals surface area contributed by atoms with E-state index >= 15 is 0 Å². The molecule has 1 nitrogen and oxygen atoms in total. The molecule has 0 bridgehead atoms. The van der Waals surface area contributed by atoms with E-state index in [4.69, 9.17) is 0 Å². The lowest BCUT2D eigenvalue weighted by molar-refractivity contribution is 0.361. The summed E-state index contributed by atoms with van der Waals surface area (Å²) >= 11 is 0. The monoisotopic (exact) mass is 179 g/mol. The maximum absolute atomic E-state index is 4.08. The highest BCUT2D eigenvalue weighted by Crippen LogP contribution is 2.56. The van der Waals surface area contributed by atoms with E-state index in [1.165, 1.54) is 11.3 Å². The summed E-state index contributed by atoms with van der Waals surface area (Å²) in [5, 5.41) is 0. The first-order chi connectivity index (χ1) is 5.91. The topological polar surface area (TPSA) is 3.24 Å². The minimum absolute atomic E-state index is 0.363. The van der Waals surface area contributed by atoms with Crippen molar-refractivity contribution in [3.05, 3.63) is 24.4 Å². The van der Waals surface area contributed by atoms with E-state index in [0.29, 0.717) is 11.3 Å². The van der Waals surface area contributed by atoms with Gasteiger partial charge in [-0.2, -0.15) is 0 Å². The molecule has 13 heavy (non-hydrogen) atoms. The number of hydrogen-bond acceptors (Lipinski definition) is 1. The summed E-state index contributed by atoms with van der Waals surface area (Å²) in [6, 6.07) is 0. The number of allylic oxidation sites excluding steroid dienone is 1. The largest absolute Gasteiger partial charge is 0.378 e. The van der Waals surface area contributed by atoms with Crippen molar-refractivity contribution in [2.24, 2.45) is 11.3 Å². The Labute approximate surface area is 82.1 Å². The summed E-state index contributed by atoms with van der Waals surface area (Å²) in [7, 11) is 2.12. The predicted octanol–water partition coefficient (Wildman–Crippen LogP) is 3.05. The van der Waals surface area contributed by atoms with Gasteiger partial charge in [-0.1, -0.05) is 39.5 Å². The second-order valence-corrected chi connectivity index (χ2v) is 4.60. The van der Waals surface area contributed by atoms with Gasteiger partial charge in [0.1, 0.15) is 0 Å². The minimum Gasteiger partial charge on any atom is -0.378 e. The molecule has 1 unspecified atom stereocenters. The molecular weight excluding hydrogens is 158 g/mol. The average Bonchev–Trinajstić information content (AvgIpc) is 2.53. The summed E-state index contributed by atoms with van der Waals surface area (Å²) in [4.78, 5) is 2.25. The van der Waals surface area contributed by atoms with Crippen LogP contribution in [0.2, 0.25) is 0 Å². The Morgan fingerprint density at radius 1 is 1.54 bits per heavy atom. The molecule has 1 fully saturated rings. The third-order valence-corrected chi connectivity index (χ3v) is 3.44. The zero-order valence-corrected chi connectivity index (χ0v) is 9.35. The van der Waals surface area contributed by atoms with Crippen molar-refractivity contribution in [3.63, 3.8) is 0 Å². The van der Waals surface area contributed by atoms with Gasteiger partial charge in [0.15, 0.2) is 0 Å². The lowest BCUT2D eigenvalue weighted by Crippen LogP contribution is -2.20. The van der Waals surface area contributed by atoms with Crippen LogP contribution in [-0.4, -0.2) is 18.5 Å². The Balaban J connectivity index is 2.44. The smallest absolute Gasteiger partial charge is 0.0245 e. The maximum Gasteiger partial charge on any atom is 0.0245 e. The van der Waals surface area contributed by atoms with Crippen molar-refractivity contribution in [2.45, 2.75) is 27.2 Å². The predicted molar refractivity (Wildman–Crippen MR) is 58.5 cm³/mol. The highest BCUT2D eigenvalue weighted by Gasteiger charge is 2.50. The maximum atomic E-state index is 4.08. The van der Waals surface area contributed by atoms with Gasteiger partial charge in [0.05, 0.1) is 0 Å². The van der Waals surface area contributed by atoms with Crippen LogP contribution in [0.3, 0.4) is 0 Å². The molecule has 0 aromatic rings. The van der Waals surface area contributed by atoms with Crippen molar-refractivity contribution >= 4 is 0 Å². The van der Waals surface area contributed by atoms with Crippen molar-refractivity contribution in [1.29, 1.82) is 0 Å². The Hall–Kier alpha value is -0.720. The third kappa shape index (κ3) is 1.79. The molecule has 1 rings (SSSR count). The fraction of sp³-hybridized carbons (Fsp3) is 0.667. The summed E-state index contributed by atoms with van der Waals surface area (Å²) in [5.74, 6) is 0.667. The quantitative estimate of drug-likeness (QED) is 0.599. The SMILES string of the molecule is C=C(CC)N(C)CC1C(=C)C1(C)C. The highest BCUT2D eigenvalue weighted by atomic mass is 15.1. The van der Waals surface area contributed by atoms with Crippen LogP contribution in [0.4, 0.5) is 0 Å². The molecule has 1 aliphatic rings.